The molecule has 17 heavy (non-hydrogen) atoms. The Bertz CT molecular complexity index is 144. The molecule has 1 rings (SSSR count). The Kier molecular flexibility index (Phi) is 12.3. The molecule has 0 spiro atoms. The first kappa shape index (κ1) is 16.9. The van der Waals surface area contributed by atoms with Crippen molar-refractivity contribution in [3.63, 3.8) is 0 Å². The Labute approximate surface area is 107 Å². The first-order valence-electron chi connectivity index (χ1n) is 7.66. The largest absolute Gasteiger partial charge is 0.303 e. The van der Waals surface area contributed by atoms with Crippen LogP contribution in [0.4, 0.5) is 4.70 Å². The highest BCUT2D eigenvalue weighted by molar-refractivity contribution is 4.64. The fraction of sp³-hybridized carbons (Fsp3) is 1.00. The number of nitrogens with zero attached hydrogens (tertiary/aromatic N) is 1. The molecular weight excluding hydrogens is 213 g/mol. The molecule has 1 aliphatic rings. The molecule has 0 aromatic carbocycles. The zero-order valence-electron chi connectivity index (χ0n) is 11.8. The Morgan fingerprint density at radius 1 is 0.706 bits per heavy atom. The summed E-state index contributed by atoms with van der Waals surface area (Å²) < 4.78 is 0. The first-order chi connectivity index (χ1) is 7.93. The van der Waals surface area contributed by atoms with E-state index >= 15 is 0 Å². The molecule has 0 saturated carbocycles. The van der Waals surface area contributed by atoms with Crippen molar-refractivity contribution < 1.29 is 4.70 Å². The third kappa shape index (κ3) is 9.58. The summed E-state index contributed by atoms with van der Waals surface area (Å²) in [4.78, 5) is 2.67. The fourth-order valence-corrected chi connectivity index (χ4v) is 2.65. The highest BCUT2D eigenvalue weighted by atomic mass is 19.0. The summed E-state index contributed by atoms with van der Waals surface area (Å²) in [6, 6.07) is 0. The van der Waals surface area contributed by atoms with Gasteiger partial charge in [0.05, 0.1) is 0 Å². The van der Waals surface area contributed by atoms with Crippen LogP contribution in [0, 0.1) is 0 Å². The molecule has 0 aromatic heterocycles. The Hall–Kier alpha value is -0.110. The minimum absolute atomic E-state index is 0. The first-order valence-corrected chi connectivity index (χ1v) is 7.66. The summed E-state index contributed by atoms with van der Waals surface area (Å²) >= 11 is 0. The summed E-state index contributed by atoms with van der Waals surface area (Å²) in [6.07, 6.45) is 15.9. The molecule has 1 heterocycles. The molecule has 0 N–H and O–H groups in total. The zero-order chi connectivity index (χ0) is 11.5. The topological polar surface area (TPSA) is 3.24 Å². The second kappa shape index (κ2) is 12.3. The average Bonchev–Trinajstić information content (AvgIpc) is 2.34. The molecule has 1 fully saturated rings. The van der Waals surface area contributed by atoms with Gasteiger partial charge in [-0.3, -0.25) is 4.70 Å². The fourth-order valence-electron chi connectivity index (χ4n) is 2.65. The van der Waals surface area contributed by atoms with Gasteiger partial charge in [-0.25, -0.2) is 0 Å². The number of halogens is 1. The summed E-state index contributed by atoms with van der Waals surface area (Å²) in [5, 5.41) is 0. The molecule has 1 nitrogen and oxygen atoms in total. The SMILES string of the molecule is CCCCCCCCCCN1CCCCC1.F. The zero-order valence-corrected chi connectivity index (χ0v) is 11.8. The Morgan fingerprint density at radius 3 is 1.82 bits per heavy atom. The van der Waals surface area contributed by atoms with Crippen molar-refractivity contribution >= 4 is 0 Å². The monoisotopic (exact) mass is 245 g/mol. The summed E-state index contributed by atoms with van der Waals surface area (Å²) in [5.74, 6) is 0. The maximum Gasteiger partial charge on any atom is -0.00187 e. The molecule has 2 heteroatoms. The molecule has 1 saturated heterocycles. The van der Waals surface area contributed by atoms with E-state index in [0.717, 1.165) is 0 Å². The van der Waals surface area contributed by atoms with Gasteiger partial charge in [0, 0.05) is 0 Å². The van der Waals surface area contributed by atoms with E-state index in [-0.39, 0.29) is 4.70 Å². The second-order valence-corrected chi connectivity index (χ2v) is 5.38. The number of piperidine rings is 1. The highest BCUT2D eigenvalue weighted by Crippen LogP contribution is 2.12. The maximum atomic E-state index is 2.67. The molecule has 0 atom stereocenters. The smallest absolute Gasteiger partial charge is 0.00187 e. The van der Waals surface area contributed by atoms with Crippen molar-refractivity contribution in [1.82, 2.24) is 4.90 Å². The van der Waals surface area contributed by atoms with E-state index in [1.165, 1.54) is 90.3 Å². The van der Waals surface area contributed by atoms with Crippen molar-refractivity contribution in [1.29, 1.82) is 0 Å². The molecule has 1 aliphatic heterocycles. The van der Waals surface area contributed by atoms with Gasteiger partial charge in [0.2, 0.25) is 0 Å². The molecule has 0 aliphatic carbocycles. The van der Waals surface area contributed by atoms with Crippen LogP contribution < -0.4 is 0 Å². The van der Waals surface area contributed by atoms with E-state index in [2.05, 4.69) is 11.8 Å². The Balaban J connectivity index is 0.00000256. The van der Waals surface area contributed by atoms with E-state index < -0.39 is 0 Å². The maximum absolute atomic E-state index is 2.67. The van der Waals surface area contributed by atoms with E-state index in [0.29, 0.717) is 0 Å². The van der Waals surface area contributed by atoms with Crippen LogP contribution in [0.15, 0.2) is 0 Å². The van der Waals surface area contributed by atoms with Crippen LogP contribution in [0.3, 0.4) is 0 Å². The van der Waals surface area contributed by atoms with Gasteiger partial charge < -0.3 is 4.90 Å². The van der Waals surface area contributed by atoms with Crippen molar-refractivity contribution in [2.75, 3.05) is 19.6 Å². The van der Waals surface area contributed by atoms with Gasteiger partial charge in [0.1, 0.15) is 0 Å². The van der Waals surface area contributed by atoms with Gasteiger partial charge >= 0.3 is 0 Å². The van der Waals surface area contributed by atoms with Gasteiger partial charge in [0.25, 0.3) is 0 Å². The lowest BCUT2D eigenvalue weighted by Gasteiger charge is -2.26. The highest BCUT2D eigenvalue weighted by Gasteiger charge is 2.08. The minimum atomic E-state index is 0. The predicted molar refractivity (Wildman–Crippen MR) is 75.4 cm³/mol. The predicted octanol–water partition coefficient (Wildman–Crippen LogP) is 4.77. The number of likely N-dealkylation sites (tertiary alicyclic amines) is 1. The number of hydrogen-bond acceptors (Lipinski definition) is 1. The molecule has 0 aromatic rings. The van der Waals surface area contributed by atoms with Crippen LogP contribution in [0.5, 0.6) is 0 Å². The number of rotatable bonds is 9. The van der Waals surface area contributed by atoms with Crippen LogP contribution in [0.1, 0.15) is 77.6 Å². The second-order valence-electron chi connectivity index (χ2n) is 5.38. The Morgan fingerprint density at radius 2 is 1.24 bits per heavy atom. The van der Waals surface area contributed by atoms with E-state index in [4.69, 9.17) is 0 Å². The lowest BCUT2D eigenvalue weighted by molar-refractivity contribution is 0.224. The van der Waals surface area contributed by atoms with Crippen LogP contribution in [-0.2, 0) is 0 Å². The standard InChI is InChI=1S/C15H31N.FH/c1-2-3-4-5-6-7-8-10-13-16-14-11-9-12-15-16;/h2-15H2,1H3;1H. The normalized spacial score (nSPS) is 16.8. The van der Waals surface area contributed by atoms with Gasteiger partial charge in [-0.05, 0) is 38.9 Å². The van der Waals surface area contributed by atoms with Crippen LogP contribution in [-0.4, -0.2) is 24.5 Å². The molecule has 0 radical (unpaired) electrons. The third-order valence-corrected chi connectivity index (χ3v) is 3.78. The summed E-state index contributed by atoms with van der Waals surface area (Å²) in [6.45, 7) is 6.40. The molecular formula is C15H32FN. The molecule has 104 valence electrons. The molecule has 0 amide bonds. The summed E-state index contributed by atoms with van der Waals surface area (Å²) in [7, 11) is 0. The number of hydrogen-bond donors (Lipinski definition) is 0. The minimum Gasteiger partial charge on any atom is -0.303 e. The lowest BCUT2D eigenvalue weighted by atomic mass is 10.1. The van der Waals surface area contributed by atoms with Crippen molar-refractivity contribution in [3.8, 4) is 0 Å². The van der Waals surface area contributed by atoms with Crippen molar-refractivity contribution in [2.24, 2.45) is 0 Å². The van der Waals surface area contributed by atoms with Gasteiger partial charge in [-0.1, -0.05) is 58.3 Å². The molecule has 0 bridgehead atoms. The average molecular weight is 245 g/mol. The molecule has 0 unspecified atom stereocenters. The van der Waals surface area contributed by atoms with Crippen LogP contribution in [0.25, 0.3) is 0 Å². The summed E-state index contributed by atoms with van der Waals surface area (Å²) in [5.41, 5.74) is 0. The van der Waals surface area contributed by atoms with Crippen LogP contribution in [0.2, 0.25) is 0 Å². The van der Waals surface area contributed by atoms with Gasteiger partial charge in [-0.2, -0.15) is 0 Å². The van der Waals surface area contributed by atoms with Gasteiger partial charge in [-0.15, -0.1) is 0 Å². The lowest BCUT2D eigenvalue weighted by Crippen LogP contribution is -2.30. The van der Waals surface area contributed by atoms with E-state index in [1.807, 2.05) is 0 Å². The quantitative estimate of drug-likeness (QED) is 0.529. The van der Waals surface area contributed by atoms with Gasteiger partial charge in [0.15, 0.2) is 0 Å². The van der Waals surface area contributed by atoms with E-state index in [9.17, 15) is 0 Å². The van der Waals surface area contributed by atoms with Crippen molar-refractivity contribution in [2.45, 2.75) is 77.6 Å². The third-order valence-electron chi connectivity index (χ3n) is 3.78. The number of unbranched alkanes of at least 4 members (excludes halogenated alkanes) is 7. The van der Waals surface area contributed by atoms with Crippen LogP contribution >= 0.6 is 0 Å². The van der Waals surface area contributed by atoms with Crippen molar-refractivity contribution in [3.05, 3.63) is 0 Å². The van der Waals surface area contributed by atoms with E-state index in [1.54, 1.807) is 0 Å².